The monoisotopic (exact) mass is 415 g/mol. The fourth-order valence-corrected chi connectivity index (χ4v) is 4.06. The van der Waals surface area contributed by atoms with Crippen LogP contribution in [0.3, 0.4) is 0 Å². The average molecular weight is 415 g/mol. The number of amidine groups is 1. The fourth-order valence-electron chi connectivity index (χ4n) is 3.15. The number of nitrogens with one attached hydrogen (secondary N) is 2. The van der Waals surface area contributed by atoms with Crippen LogP contribution in [-0.2, 0) is 11.0 Å². The lowest BCUT2D eigenvalue weighted by Gasteiger charge is -2.17. The van der Waals surface area contributed by atoms with E-state index in [-0.39, 0.29) is 23.9 Å². The molecule has 2 aromatic carbocycles. The van der Waals surface area contributed by atoms with Gasteiger partial charge in [-0.2, -0.15) is 13.2 Å². The molecule has 2 aliphatic heterocycles. The van der Waals surface area contributed by atoms with E-state index in [0.29, 0.717) is 10.6 Å². The van der Waals surface area contributed by atoms with Gasteiger partial charge >= 0.3 is 6.18 Å². The second-order valence-electron chi connectivity index (χ2n) is 6.75. The number of nitrogens with zero attached hydrogens (tertiary/aromatic N) is 1. The molecule has 4 rings (SSSR count). The van der Waals surface area contributed by atoms with Crippen LogP contribution in [0.15, 0.2) is 64.5 Å². The number of carbonyl (C=O) groups excluding carboxylic acids is 1. The molecule has 0 bridgehead atoms. The first-order chi connectivity index (χ1) is 13.7. The van der Waals surface area contributed by atoms with Crippen molar-refractivity contribution in [2.24, 2.45) is 0 Å². The zero-order chi connectivity index (χ0) is 20.8. The third kappa shape index (κ3) is 3.67. The van der Waals surface area contributed by atoms with Crippen molar-refractivity contribution in [1.29, 1.82) is 5.41 Å². The molecule has 8 heteroatoms. The summed E-state index contributed by atoms with van der Waals surface area (Å²) in [6.45, 7) is 2.00. The van der Waals surface area contributed by atoms with Crippen LogP contribution >= 0.6 is 11.8 Å². The van der Waals surface area contributed by atoms with Gasteiger partial charge in [0.2, 0.25) is 5.91 Å². The van der Waals surface area contributed by atoms with Crippen LogP contribution in [0.5, 0.6) is 0 Å². The predicted octanol–water partition coefficient (Wildman–Crippen LogP) is 5.27. The maximum absolute atomic E-state index is 12.8. The van der Waals surface area contributed by atoms with E-state index in [0.717, 1.165) is 33.9 Å². The van der Waals surface area contributed by atoms with Crippen LogP contribution in [0.1, 0.15) is 23.1 Å². The van der Waals surface area contributed by atoms with Crippen molar-refractivity contribution in [3.63, 3.8) is 0 Å². The Morgan fingerprint density at radius 2 is 1.72 bits per heavy atom. The van der Waals surface area contributed by atoms with Gasteiger partial charge in [0.05, 0.1) is 28.4 Å². The molecule has 1 amide bonds. The summed E-state index contributed by atoms with van der Waals surface area (Å²) in [6, 6.07) is 12.2. The van der Waals surface area contributed by atoms with Crippen molar-refractivity contribution in [2.45, 2.75) is 19.5 Å². The summed E-state index contributed by atoms with van der Waals surface area (Å²) in [4.78, 5) is 13.6. The lowest BCUT2D eigenvalue weighted by atomic mass is 10.1. The quantitative estimate of drug-likeness (QED) is 0.702. The van der Waals surface area contributed by atoms with Gasteiger partial charge in [0.25, 0.3) is 0 Å². The highest BCUT2D eigenvalue weighted by molar-refractivity contribution is 8.06. The first-order valence-corrected chi connectivity index (χ1v) is 9.65. The molecule has 0 atom stereocenters. The van der Waals surface area contributed by atoms with Gasteiger partial charge in [-0.05, 0) is 36.8 Å². The van der Waals surface area contributed by atoms with E-state index in [4.69, 9.17) is 5.41 Å². The van der Waals surface area contributed by atoms with Crippen molar-refractivity contribution < 1.29 is 18.0 Å². The summed E-state index contributed by atoms with van der Waals surface area (Å²) in [7, 11) is 0. The normalized spacial score (nSPS) is 19.6. The second-order valence-corrected chi connectivity index (χ2v) is 7.63. The molecular weight excluding hydrogens is 399 g/mol. The van der Waals surface area contributed by atoms with E-state index >= 15 is 0 Å². The van der Waals surface area contributed by atoms with E-state index in [1.54, 1.807) is 0 Å². The molecule has 0 unspecified atom stereocenters. The molecule has 1 saturated heterocycles. The Hall–Kier alpha value is -3.00. The molecule has 0 saturated carbocycles. The molecule has 1 fully saturated rings. The Kier molecular flexibility index (Phi) is 4.74. The number of aryl methyl sites for hydroxylation is 1. The number of alkyl halides is 3. The van der Waals surface area contributed by atoms with E-state index in [9.17, 15) is 18.0 Å². The zero-order valence-corrected chi connectivity index (χ0v) is 16.1. The summed E-state index contributed by atoms with van der Waals surface area (Å²) < 4.78 is 38.3. The van der Waals surface area contributed by atoms with Gasteiger partial charge < -0.3 is 5.32 Å². The van der Waals surface area contributed by atoms with Crippen LogP contribution in [0.2, 0.25) is 0 Å². The molecule has 2 aliphatic rings. The Morgan fingerprint density at radius 3 is 2.34 bits per heavy atom. The number of anilines is 1. The first kappa shape index (κ1) is 19.3. The minimum atomic E-state index is -4.45. The molecule has 2 heterocycles. The third-order valence-electron chi connectivity index (χ3n) is 4.72. The third-order valence-corrected chi connectivity index (χ3v) is 5.66. The van der Waals surface area contributed by atoms with Gasteiger partial charge in [0, 0.05) is 11.0 Å². The Bertz CT molecular complexity index is 1050. The van der Waals surface area contributed by atoms with Gasteiger partial charge in [-0.25, -0.2) is 0 Å². The molecule has 0 radical (unpaired) electrons. The molecule has 0 aromatic heterocycles. The highest BCUT2D eigenvalue weighted by Crippen LogP contribution is 2.38. The molecule has 0 spiro atoms. The van der Waals surface area contributed by atoms with E-state index in [1.807, 2.05) is 36.6 Å². The number of thioether (sulfide) groups is 1. The standard InChI is InChI=1S/C21H16F3N3OS/c1-12-2-4-13(5-3-12)17-11-29-20(26-17)16-10-18(28)27(19(16)25)15-8-6-14(7-9-15)21(22,23)24/h2-9,11,25-26H,10H2,1H3/b20-16+,25-19?. The zero-order valence-electron chi connectivity index (χ0n) is 15.3. The van der Waals surface area contributed by atoms with Crippen molar-refractivity contribution >= 4 is 34.9 Å². The van der Waals surface area contributed by atoms with Gasteiger partial charge in [-0.15, -0.1) is 0 Å². The van der Waals surface area contributed by atoms with Gasteiger partial charge in [0.1, 0.15) is 5.84 Å². The fraction of sp³-hybridized carbons (Fsp3) is 0.143. The number of rotatable bonds is 2. The minimum Gasteiger partial charge on any atom is -0.349 e. The maximum atomic E-state index is 12.8. The lowest BCUT2D eigenvalue weighted by Crippen LogP contribution is -2.28. The Balaban J connectivity index is 1.56. The molecule has 0 aliphatic carbocycles. The predicted molar refractivity (Wildman–Crippen MR) is 108 cm³/mol. The van der Waals surface area contributed by atoms with Crippen LogP contribution in [0.4, 0.5) is 18.9 Å². The highest BCUT2D eigenvalue weighted by atomic mass is 32.2. The van der Waals surface area contributed by atoms with Crippen LogP contribution < -0.4 is 10.2 Å². The molecule has 4 nitrogen and oxygen atoms in total. The number of amides is 1. The van der Waals surface area contributed by atoms with Crippen LogP contribution in [0, 0.1) is 12.3 Å². The van der Waals surface area contributed by atoms with E-state index in [1.165, 1.54) is 23.9 Å². The van der Waals surface area contributed by atoms with Crippen molar-refractivity contribution in [3.8, 4) is 0 Å². The van der Waals surface area contributed by atoms with Crippen LogP contribution in [-0.4, -0.2) is 11.7 Å². The second kappa shape index (κ2) is 7.11. The van der Waals surface area contributed by atoms with E-state index in [2.05, 4.69) is 5.32 Å². The molecule has 2 aromatic rings. The number of carbonyl (C=O) groups is 1. The van der Waals surface area contributed by atoms with Gasteiger partial charge in [0.15, 0.2) is 0 Å². The Labute approximate surface area is 169 Å². The van der Waals surface area contributed by atoms with Crippen LogP contribution in [0.25, 0.3) is 5.70 Å². The molecular formula is C21H16F3N3OS. The SMILES string of the molecule is Cc1ccc(C2=CS/C(=C3\CC(=O)N(c4ccc(C(F)(F)F)cc4)C3=N)N2)cc1. The largest absolute Gasteiger partial charge is 0.416 e. The molecule has 148 valence electrons. The number of hydrogen-bond donors (Lipinski definition) is 2. The summed E-state index contributed by atoms with van der Waals surface area (Å²) in [6.07, 6.45) is -4.43. The number of hydrogen-bond acceptors (Lipinski definition) is 4. The summed E-state index contributed by atoms with van der Waals surface area (Å²) in [5.41, 5.74) is 3.00. The summed E-state index contributed by atoms with van der Waals surface area (Å²) >= 11 is 1.39. The maximum Gasteiger partial charge on any atom is 0.416 e. The number of benzene rings is 2. The van der Waals surface area contributed by atoms with Crippen molar-refractivity contribution in [1.82, 2.24) is 5.32 Å². The minimum absolute atomic E-state index is 0.0181. The average Bonchev–Trinajstić information content (AvgIpc) is 3.26. The smallest absolute Gasteiger partial charge is 0.349 e. The van der Waals surface area contributed by atoms with E-state index < -0.39 is 11.7 Å². The highest BCUT2D eigenvalue weighted by Gasteiger charge is 2.36. The van der Waals surface area contributed by atoms with Gasteiger partial charge in [-0.3, -0.25) is 15.1 Å². The van der Waals surface area contributed by atoms with Crippen molar-refractivity contribution in [2.75, 3.05) is 4.90 Å². The number of halogens is 3. The molecule has 2 N–H and O–H groups in total. The lowest BCUT2D eigenvalue weighted by molar-refractivity contribution is -0.137. The first-order valence-electron chi connectivity index (χ1n) is 8.77. The van der Waals surface area contributed by atoms with Crippen molar-refractivity contribution in [3.05, 3.63) is 81.2 Å². The topological polar surface area (TPSA) is 56.2 Å². The van der Waals surface area contributed by atoms with Gasteiger partial charge in [-0.1, -0.05) is 41.6 Å². The molecule has 29 heavy (non-hydrogen) atoms. The summed E-state index contributed by atoms with van der Waals surface area (Å²) in [5, 5.41) is 14.3. The Morgan fingerprint density at radius 1 is 1.07 bits per heavy atom. The summed E-state index contributed by atoms with van der Waals surface area (Å²) in [5.74, 6) is -0.369.